The highest BCUT2D eigenvalue weighted by atomic mass is 16.2. The van der Waals surface area contributed by atoms with Gasteiger partial charge in [0.15, 0.2) is 0 Å². The lowest BCUT2D eigenvalue weighted by Crippen LogP contribution is -2.30. The fraction of sp³-hybridized carbons (Fsp3) is 0.222. The first-order chi connectivity index (χ1) is 11.0. The van der Waals surface area contributed by atoms with Crippen molar-refractivity contribution in [1.29, 1.82) is 0 Å². The molecule has 0 heterocycles. The quantitative estimate of drug-likeness (QED) is 0.768. The van der Waals surface area contributed by atoms with Crippen molar-refractivity contribution in [2.24, 2.45) is 0 Å². The first-order valence-electron chi connectivity index (χ1n) is 7.54. The number of para-hydroxylation sites is 1. The summed E-state index contributed by atoms with van der Waals surface area (Å²) in [6.07, 6.45) is 0. The molecule has 0 aromatic heterocycles. The fourth-order valence-electron chi connectivity index (χ4n) is 2.02. The lowest BCUT2D eigenvalue weighted by molar-refractivity contribution is -0.114. The molecule has 0 atom stereocenters. The molecule has 0 fully saturated rings. The highest BCUT2D eigenvalue weighted by Crippen LogP contribution is 2.11. The second-order valence-corrected chi connectivity index (χ2v) is 5.48. The Morgan fingerprint density at radius 2 is 1.65 bits per heavy atom. The van der Waals surface area contributed by atoms with Gasteiger partial charge in [0.05, 0.1) is 6.54 Å². The molecule has 2 amide bonds. The molecule has 2 aromatic carbocycles. The maximum Gasteiger partial charge on any atom is 0.251 e. The number of carbonyl (C=O) groups excluding carboxylic acids is 2. The van der Waals surface area contributed by atoms with Gasteiger partial charge < -0.3 is 16.0 Å². The maximum atomic E-state index is 12.0. The van der Waals surface area contributed by atoms with Gasteiger partial charge in [0.1, 0.15) is 0 Å². The Labute approximate surface area is 136 Å². The predicted octanol–water partition coefficient (Wildman–Crippen LogP) is 2.88. The SMILES string of the molecule is CC(C)NC(=O)c1cccc(NCC(=O)Nc2ccccc2)c1. The van der Waals surface area contributed by atoms with Crippen molar-refractivity contribution in [3.63, 3.8) is 0 Å². The molecule has 0 radical (unpaired) electrons. The summed E-state index contributed by atoms with van der Waals surface area (Å²) in [6.45, 7) is 3.95. The number of amides is 2. The van der Waals surface area contributed by atoms with Crippen molar-refractivity contribution in [1.82, 2.24) is 5.32 Å². The van der Waals surface area contributed by atoms with Gasteiger partial charge in [-0.1, -0.05) is 24.3 Å². The molecule has 0 saturated carbocycles. The monoisotopic (exact) mass is 311 g/mol. The van der Waals surface area contributed by atoms with E-state index in [9.17, 15) is 9.59 Å². The van der Waals surface area contributed by atoms with E-state index < -0.39 is 0 Å². The van der Waals surface area contributed by atoms with Gasteiger partial charge in [-0.05, 0) is 44.2 Å². The van der Waals surface area contributed by atoms with Crippen LogP contribution < -0.4 is 16.0 Å². The van der Waals surface area contributed by atoms with Gasteiger partial charge in [-0.15, -0.1) is 0 Å². The van der Waals surface area contributed by atoms with Crippen molar-refractivity contribution in [2.75, 3.05) is 17.2 Å². The summed E-state index contributed by atoms with van der Waals surface area (Å²) in [6, 6.07) is 16.4. The molecular weight excluding hydrogens is 290 g/mol. The van der Waals surface area contributed by atoms with Gasteiger partial charge in [-0.2, -0.15) is 0 Å². The molecule has 23 heavy (non-hydrogen) atoms. The molecule has 2 aromatic rings. The highest BCUT2D eigenvalue weighted by Gasteiger charge is 2.08. The number of rotatable bonds is 6. The number of anilines is 2. The molecule has 0 bridgehead atoms. The third kappa shape index (κ3) is 5.47. The zero-order chi connectivity index (χ0) is 16.7. The van der Waals surface area contributed by atoms with Crippen LogP contribution in [0.25, 0.3) is 0 Å². The van der Waals surface area contributed by atoms with E-state index in [-0.39, 0.29) is 24.4 Å². The minimum atomic E-state index is -0.145. The summed E-state index contributed by atoms with van der Waals surface area (Å²) >= 11 is 0. The van der Waals surface area contributed by atoms with Crippen molar-refractivity contribution in [3.8, 4) is 0 Å². The fourth-order valence-corrected chi connectivity index (χ4v) is 2.02. The third-order valence-electron chi connectivity index (χ3n) is 3.06. The van der Waals surface area contributed by atoms with E-state index in [0.717, 1.165) is 11.4 Å². The minimum absolute atomic E-state index is 0.0794. The molecule has 5 heteroatoms. The van der Waals surface area contributed by atoms with Gasteiger partial charge in [0, 0.05) is 23.0 Å². The van der Waals surface area contributed by atoms with Gasteiger partial charge in [-0.3, -0.25) is 9.59 Å². The molecule has 3 N–H and O–H groups in total. The summed E-state index contributed by atoms with van der Waals surface area (Å²) in [5.41, 5.74) is 2.04. The van der Waals surface area contributed by atoms with Crippen LogP contribution in [0.2, 0.25) is 0 Å². The Bertz CT molecular complexity index is 669. The van der Waals surface area contributed by atoms with Crippen LogP contribution in [0.15, 0.2) is 54.6 Å². The van der Waals surface area contributed by atoms with Gasteiger partial charge >= 0.3 is 0 Å². The summed E-state index contributed by atoms with van der Waals surface area (Å²) in [7, 11) is 0. The van der Waals surface area contributed by atoms with Crippen LogP contribution in [0, 0.1) is 0 Å². The van der Waals surface area contributed by atoms with Crippen molar-refractivity contribution in [3.05, 3.63) is 60.2 Å². The smallest absolute Gasteiger partial charge is 0.251 e. The number of benzene rings is 2. The maximum absolute atomic E-state index is 12.0. The minimum Gasteiger partial charge on any atom is -0.376 e. The van der Waals surface area contributed by atoms with Crippen LogP contribution in [-0.4, -0.2) is 24.4 Å². The van der Waals surface area contributed by atoms with E-state index in [4.69, 9.17) is 0 Å². The molecule has 0 aliphatic rings. The number of hydrogen-bond donors (Lipinski definition) is 3. The summed E-state index contributed by atoms with van der Waals surface area (Å²) in [5, 5.41) is 8.65. The normalized spacial score (nSPS) is 10.2. The van der Waals surface area contributed by atoms with Crippen molar-refractivity contribution >= 4 is 23.2 Å². The zero-order valence-corrected chi connectivity index (χ0v) is 13.3. The number of nitrogens with one attached hydrogen (secondary N) is 3. The van der Waals surface area contributed by atoms with Crippen LogP contribution in [0.1, 0.15) is 24.2 Å². The summed E-state index contributed by atoms with van der Waals surface area (Å²) in [5.74, 6) is -0.273. The molecule has 0 unspecified atom stereocenters. The average Bonchev–Trinajstić information content (AvgIpc) is 2.53. The van der Waals surface area contributed by atoms with Gasteiger partial charge in [0.25, 0.3) is 5.91 Å². The van der Waals surface area contributed by atoms with E-state index in [1.54, 1.807) is 18.2 Å². The van der Waals surface area contributed by atoms with E-state index in [1.165, 1.54) is 0 Å². The lowest BCUT2D eigenvalue weighted by atomic mass is 10.1. The zero-order valence-electron chi connectivity index (χ0n) is 13.3. The number of hydrogen-bond acceptors (Lipinski definition) is 3. The van der Waals surface area contributed by atoms with Gasteiger partial charge in [-0.25, -0.2) is 0 Å². The van der Waals surface area contributed by atoms with E-state index >= 15 is 0 Å². The van der Waals surface area contributed by atoms with Crippen LogP contribution in [0.4, 0.5) is 11.4 Å². The van der Waals surface area contributed by atoms with Crippen molar-refractivity contribution in [2.45, 2.75) is 19.9 Å². The predicted molar refractivity (Wildman–Crippen MR) is 92.6 cm³/mol. The van der Waals surface area contributed by atoms with Crippen molar-refractivity contribution < 1.29 is 9.59 Å². The van der Waals surface area contributed by atoms with Crippen LogP contribution in [0.5, 0.6) is 0 Å². The van der Waals surface area contributed by atoms with E-state index in [1.807, 2.05) is 50.2 Å². The van der Waals surface area contributed by atoms with Crippen LogP contribution >= 0.6 is 0 Å². The molecule has 0 aliphatic heterocycles. The molecule has 0 spiro atoms. The third-order valence-corrected chi connectivity index (χ3v) is 3.06. The molecule has 0 aliphatic carbocycles. The highest BCUT2D eigenvalue weighted by molar-refractivity contribution is 5.96. The molecule has 120 valence electrons. The molecule has 5 nitrogen and oxygen atoms in total. The van der Waals surface area contributed by atoms with Crippen LogP contribution in [0.3, 0.4) is 0 Å². The largest absolute Gasteiger partial charge is 0.376 e. The first kappa shape index (κ1) is 16.5. The van der Waals surface area contributed by atoms with Gasteiger partial charge in [0.2, 0.25) is 5.91 Å². The number of carbonyl (C=O) groups is 2. The lowest BCUT2D eigenvalue weighted by Gasteiger charge is -2.11. The molecule has 0 saturated heterocycles. The Morgan fingerprint density at radius 1 is 0.957 bits per heavy atom. The summed E-state index contributed by atoms with van der Waals surface area (Å²) in [4.78, 5) is 23.9. The second kappa shape index (κ2) is 7.98. The topological polar surface area (TPSA) is 70.2 Å². The molecular formula is C18H21N3O2. The average molecular weight is 311 g/mol. The standard InChI is InChI=1S/C18H21N3O2/c1-13(2)20-18(23)14-7-6-10-16(11-14)19-12-17(22)21-15-8-4-3-5-9-15/h3-11,13,19H,12H2,1-2H3,(H,20,23)(H,21,22). The van der Waals surface area contributed by atoms with Crippen LogP contribution in [-0.2, 0) is 4.79 Å². The second-order valence-electron chi connectivity index (χ2n) is 5.48. The Balaban J connectivity index is 1.90. The Morgan fingerprint density at radius 3 is 2.35 bits per heavy atom. The van der Waals surface area contributed by atoms with E-state index in [0.29, 0.717) is 5.56 Å². The first-order valence-corrected chi connectivity index (χ1v) is 7.54. The Kier molecular flexibility index (Phi) is 5.74. The van der Waals surface area contributed by atoms with E-state index in [2.05, 4.69) is 16.0 Å². The Hall–Kier alpha value is -2.82. The molecule has 2 rings (SSSR count). The summed E-state index contributed by atoms with van der Waals surface area (Å²) < 4.78 is 0.